The van der Waals surface area contributed by atoms with Crippen LogP contribution in [0.2, 0.25) is 0 Å². The van der Waals surface area contributed by atoms with Gasteiger partial charge in [-0.15, -0.1) is 0 Å². The lowest BCUT2D eigenvalue weighted by molar-refractivity contribution is -0.155. The van der Waals surface area contributed by atoms with Crippen molar-refractivity contribution in [1.29, 1.82) is 0 Å². The third kappa shape index (κ3) is 3.22. The summed E-state index contributed by atoms with van der Waals surface area (Å²) in [7, 11) is 0. The molecule has 1 unspecified atom stereocenters. The molecule has 0 fully saturated rings. The molecule has 0 aliphatic carbocycles. The van der Waals surface area contributed by atoms with E-state index in [9.17, 15) is 9.90 Å². The lowest BCUT2D eigenvalue weighted by atomic mass is 9.85. The fourth-order valence-corrected chi connectivity index (χ4v) is 3.13. The van der Waals surface area contributed by atoms with Crippen LogP contribution in [0.25, 0.3) is 0 Å². The zero-order chi connectivity index (χ0) is 18.2. The highest BCUT2D eigenvalue weighted by atomic mass is 16.3. The maximum Gasteiger partial charge on any atom is 0.242 e. The molecule has 0 bridgehead atoms. The molecule has 25 heavy (non-hydrogen) atoms. The molecule has 0 saturated heterocycles. The van der Waals surface area contributed by atoms with Gasteiger partial charge in [-0.2, -0.15) is 10.1 Å². The van der Waals surface area contributed by atoms with E-state index in [2.05, 4.69) is 25.9 Å². The summed E-state index contributed by atoms with van der Waals surface area (Å²) in [5, 5.41) is 16.9. The predicted molar refractivity (Wildman–Crippen MR) is 99.2 cm³/mol. The molecule has 4 nitrogen and oxygen atoms in total. The molecule has 1 aliphatic heterocycles. The van der Waals surface area contributed by atoms with E-state index in [4.69, 9.17) is 0 Å². The quantitative estimate of drug-likeness (QED) is 0.907. The average Bonchev–Trinajstić information content (AvgIpc) is 2.94. The summed E-state index contributed by atoms with van der Waals surface area (Å²) in [6.45, 7) is 7.85. The minimum absolute atomic E-state index is 0.0305. The number of hydrogen-bond acceptors (Lipinski definition) is 3. The molecule has 2 aromatic carbocycles. The van der Waals surface area contributed by atoms with E-state index in [1.165, 1.54) is 17.5 Å². The number of benzene rings is 2. The van der Waals surface area contributed by atoms with Crippen LogP contribution in [0.3, 0.4) is 0 Å². The Morgan fingerprint density at radius 2 is 1.68 bits per heavy atom. The number of hydrogen-bond donors (Lipinski definition) is 1. The van der Waals surface area contributed by atoms with Crippen LogP contribution in [0.5, 0.6) is 0 Å². The molecular weight excluding hydrogens is 312 g/mol. The Labute approximate surface area is 148 Å². The number of amides is 1. The first kappa shape index (κ1) is 17.4. The fourth-order valence-electron chi connectivity index (χ4n) is 3.13. The Morgan fingerprint density at radius 3 is 2.20 bits per heavy atom. The average molecular weight is 336 g/mol. The van der Waals surface area contributed by atoms with Crippen LogP contribution in [0, 0.1) is 0 Å². The SMILES string of the molecule is CC(=O)N1N=C(c2ccccc2)CC1(O)c1ccc(C(C)(C)C)cc1. The fraction of sp³-hybridized carbons (Fsp3) is 0.333. The van der Waals surface area contributed by atoms with Crippen LogP contribution in [0.15, 0.2) is 59.7 Å². The van der Waals surface area contributed by atoms with Gasteiger partial charge in [0.2, 0.25) is 5.91 Å². The van der Waals surface area contributed by atoms with E-state index in [0.717, 1.165) is 5.56 Å². The van der Waals surface area contributed by atoms with Gasteiger partial charge in [0.05, 0.1) is 5.71 Å². The van der Waals surface area contributed by atoms with Gasteiger partial charge in [0, 0.05) is 18.9 Å². The predicted octanol–water partition coefficient (Wildman–Crippen LogP) is 3.79. The molecule has 4 heteroatoms. The normalized spacial score (nSPS) is 20.5. The van der Waals surface area contributed by atoms with Crippen LogP contribution in [0.1, 0.15) is 50.8 Å². The summed E-state index contributed by atoms with van der Waals surface area (Å²) in [4.78, 5) is 12.1. The number of aliphatic hydroxyl groups is 1. The molecule has 0 spiro atoms. The van der Waals surface area contributed by atoms with Gasteiger partial charge in [0.15, 0.2) is 5.72 Å². The molecule has 1 N–H and O–H groups in total. The first-order valence-electron chi connectivity index (χ1n) is 8.49. The van der Waals surface area contributed by atoms with Gasteiger partial charge in [-0.25, -0.2) is 0 Å². The molecule has 130 valence electrons. The molecule has 3 rings (SSSR count). The number of rotatable bonds is 2. The van der Waals surface area contributed by atoms with Crippen molar-refractivity contribution >= 4 is 11.6 Å². The highest BCUT2D eigenvalue weighted by Crippen LogP contribution is 2.37. The van der Waals surface area contributed by atoms with Gasteiger partial charge in [-0.1, -0.05) is 75.4 Å². The highest BCUT2D eigenvalue weighted by Gasteiger charge is 2.45. The van der Waals surface area contributed by atoms with E-state index in [0.29, 0.717) is 11.3 Å². The monoisotopic (exact) mass is 336 g/mol. The van der Waals surface area contributed by atoms with E-state index in [1.54, 1.807) is 0 Å². The Balaban J connectivity index is 1.98. The first-order valence-corrected chi connectivity index (χ1v) is 8.49. The standard InChI is InChI=1S/C21H24N2O2/c1-15(24)23-21(25,14-19(22-23)16-8-6-5-7-9-16)18-12-10-17(11-13-18)20(2,3)4/h5-13,25H,14H2,1-4H3. The molecule has 1 atom stereocenters. The van der Waals surface area contributed by atoms with Crippen LogP contribution in [-0.2, 0) is 15.9 Å². The lowest BCUT2D eigenvalue weighted by Crippen LogP contribution is -2.42. The zero-order valence-electron chi connectivity index (χ0n) is 15.2. The minimum atomic E-state index is -1.45. The second kappa shape index (κ2) is 6.12. The van der Waals surface area contributed by atoms with Gasteiger partial charge in [-0.3, -0.25) is 4.79 Å². The van der Waals surface area contributed by atoms with Crippen LogP contribution in [0.4, 0.5) is 0 Å². The molecule has 1 heterocycles. The summed E-state index contributed by atoms with van der Waals surface area (Å²) in [5.41, 5.74) is 2.05. The van der Waals surface area contributed by atoms with Crippen LogP contribution in [-0.4, -0.2) is 21.7 Å². The van der Waals surface area contributed by atoms with Crippen molar-refractivity contribution in [3.8, 4) is 0 Å². The van der Waals surface area contributed by atoms with Crippen molar-refractivity contribution < 1.29 is 9.90 Å². The molecule has 1 amide bonds. The van der Waals surface area contributed by atoms with Gasteiger partial charge >= 0.3 is 0 Å². The summed E-state index contributed by atoms with van der Waals surface area (Å²) in [6.07, 6.45) is 0.269. The van der Waals surface area contributed by atoms with E-state index >= 15 is 0 Å². The van der Waals surface area contributed by atoms with Crippen molar-refractivity contribution in [2.45, 2.75) is 45.3 Å². The third-order valence-corrected chi connectivity index (χ3v) is 4.60. The highest BCUT2D eigenvalue weighted by molar-refractivity contribution is 6.03. The van der Waals surface area contributed by atoms with E-state index in [1.807, 2.05) is 54.6 Å². The summed E-state index contributed by atoms with van der Waals surface area (Å²) in [5.74, 6) is -0.284. The second-order valence-electron chi connectivity index (χ2n) is 7.56. The smallest absolute Gasteiger partial charge is 0.242 e. The zero-order valence-corrected chi connectivity index (χ0v) is 15.2. The van der Waals surface area contributed by atoms with Gasteiger partial charge in [-0.05, 0) is 16.5 Å². The van der Waals surface area contributed by atoms with Crippen molar-refractivity contribution in [1.82, 2.24) is 5.01 Å². The molecule has 0 saturated carbocycles. The molecule has 2 aromatic rings. The maximum atomic E-state index is 12.1. The number of hydrazone groups is 1. The Kier molecular flexibility index (Phi) is 4.25. The lowest BCUT2D eigenvalue weighted by Gasteiger charge is -2.31. The molecular formula is C21H24N2O2. The molecule has 0 radical (unpaired) electrons. The molecule has 1 aliphatic rings. The van der Waals surface area contributed by atoms with Crippen molar-refractivity contribution in [3.05, 3.63) is 71.3 Å². The third-order valence-electron chi connectivity index (χ3n) is 4.60. The van der Waals surface area contributed by atoms with Crippen LogP contribution >= 0.6 is 0 Å². The summed E-state index contributed by atoms with van der Waals surface area (Å²) < 4.78 is 0. The van der Waals surface area contributed by atoms with Crippen molar-refractivity contribution in [2.24, 2.45) is 5.10 Å². The Bertz CT molecular complexity index is 804. The summed E-state index contributed by atoms with van der Waals surface area (Å²) in [6, 6.07) is 17.4. The topological polar surface area (TPSA) is 52.9 Å². The maximum absolute atomic E-state index is 12.1. The number of carbonyl (C=O) groups excluding carboxylic acids is 1. The Hall–Kier alpha value is -2.46. The first-order chi connectivity index (χ1) is 11.7. The minimum Gasteiger partial charge on any atom is -0.365 e. The largest absolute Gasteiger partial charge is 0.365 e. The summed E-state index contributed by atoms with van der Waals surface area (Å²) >= 11 is 0. The molecule has 0 aromatic heterocycles. The number of nitrogens with zero attached hydrogens (tertiary/aromatic N) is 2. The van der Waals surface area contributed by atoms with E-state index < -0.39 is 5.72 Å². The number of carbonyl (C=O) groups is 1. The van der Waals surface area contributed by atoms with Crippen molar-refractivity contribution in [2.75, 3.05) is 0 Å². The van der Waals surface area contributed by atoms with Gasteiger partial charge in [0.1, 0.15) is 0 Å². The van der Waals surface area contributed by atoms with E-state index in [-0.39, 0.29) is 17.7 Å². The Morgan fingerprint density at radius 1 is 1.08 bits per heavy atom. The van der Waals surface area contributed by atoms with Gasteiger partial charge in [0.25, 0.3) is 0 Å². The second-order valence-corrected chi connectivity index (χ2v) is 7.56. The van der Waals surface area contributed by atoms with Gasteiger partial charge < -0.3 is 5.11 Å². The van der Waals surface area contributed by atoms with Crippen LogP contribution < -0.4 is 0 Å². The van der Waals surface area contributed by atoms with Crippen molar-refractivity contribution in [3.63, 3.8) is 0 Å².